The molecule has 0 saturated heterocycles. The molecule has 2 aromatic rings. The van der Waals surface area contributed by atoms with Gasteiger partial charge < -0.3 is 9.47 Å². The minimum Gasteiger partial charge on any atom is -0.405 e. The van der Waals surface area contributed by atoms with E-state index in [4.69, 9.17) is 0 Å². The van der Waals surface area contributed by atoms with Crippen molar-refractivity contribution in [3.8, 4) is 22.6 Å². The van der Waals surface area contributed by atoms with Crippen molar-refractivity contribution in [2.45, 2.75) is 19.6 Å². The Balaban J connectivity index is 2.59. The van der Waals surface area contributed by atoms with Gasteiger partial charge in [-0.1, -0.05) is 35.9 Å². The van der Waals surface area contributed by atoms with Gasteiger partial charge in [0.1, 0.15) is 11.5 Å². The molecule has 0 amide bonds. The molecule has 0 fully saturated rings. The maximum absolute atomic E-state index is 12.5. The lowest BCUT2D eigenvalue weighted by molar-refractivity contribution is -0.276. The molecule has 0 atom stereocenters. The van der Waals surface area contributed by atoms with E-state index < -0.39 is 29.8 Å². The summed E-state index contributed by atoms with van der Waals surface area (Å²) in [6, 6.07) is 8.71. The van der Waals surface area contributed by atoms with Crippen LogP contribution in [0.15, 0.2) is 42.5 Å². The van der Waals surface area contributed by atoms with E-state index in [9.17, 15) is 26.3 Å². The van der Waals surface area contributed by atoms with Crippen LogP contribution >= 0.6 is 0 Å². The largest absolute Gasteiger partial charge is 0.573 e. The van der Waals surface area contributed by atoms with Gasteiger partial charge in [-0.05, 0) is 24.6 Å². The fourth-order valence-electron chi connectivity index (χ4n) is 1.94. The summed E-state index contributed by atoms with van der Waals surface area (Å²) in [7, 11) is 0. The van der Waals surface area contributed by atoms with Gasteiger partial charge >= 0.3 is 12.7 Å². The van der Waals surface area contributed by atoms with E-state index >= 15 is 0 Å². The molecule has 0 aromatic heterocycles. The molecule has 2 rings (SSSR count). The van der Waals surface area contributed by atoms with Crippen molar-refractivity contribution >= 4 is 0 Å². The van der Waals surface area contributed by atoms with Crippen molar-refractivity contribution in [3.05, 3.63) is 48.0 Å². The van der Waals surface area contributed by atoms with E-state index in [0.717, 1.165) is 23.8 Å². The summed E-state index contributed by atoms with van der Waals surface area (Å²) in [6.07, 6.45) is -10.1. The minimum absolute atomic E-state index is 0.106. The number of ether oxygens (including phenoxy) is 2. The Morgan fingerprint density at radius 3 is 1.52 bits per heavy atom. The minimum atomic E-state index is -5.05. The van der Waals surface area contributed by atoms with Crippen molar-refractivity contribution in [1.29, 1.82) is 0 Å². The van der Waals surface area contributed by atoms with E-state index in [1.165, 1.54) is 12.1 Å². The highest BCUT2D eigenvalue weighted by atomic mass is 19.4. The Morgan fingerprint density at radius 1 is 0.696 bits per heavy atom. The quantitative estimate of drug-likeness (QED) is 0.693. The van der Waals surface area contributed by atoms with Crippen LogP contribution in [0.2, 0.25) is 0 Å². The van der Waals surface area contributed by atoms with E-state index in [1.54, 1.807) is 19.1 Å². The number of halogens is 6. The summed E-state index contributed by atoms with van der Waals surface area (Å²) in [5.41, 5.74) is 0.470. The van der Waals surface area contributed by atoms with E-state index in [0.29, 0.717) is 0 Å². The molecule has 0 aliphatic carbocycles. The zero-order valence-corrected chi connectivity index (χ0v) is 11.6. The Morgan fingerprint density at radius 2 is 1.13 bits per heavy atom. The number of alkyl halides is 6. The molecule has 8 heteroatoms. The average molecular weight is 336 g/mol. The van der Waals surface area contributed by atoms with Crippen LogP contribution in [0.4, 0.5) is 26.3 Å². The van der Waals surface area contributed by atoms with Crippen molar-refractivity contribution in [3.63, 3.8) is 0 Å². The topological polar surface area (TPSA) is 18.5 Å². The highest BCUT2D eigenvalue weighted by Gasteiger charge is 2.36. The van der Waals surface area contributed by atoms with Gasteiger partial charge in [0.25, 0.3) is 0 Å². The highest BCUT2D eigenvalue weighted by Crippen LogP contribution is 2.42. The summed E-state index contributed by atoms with van der Waals surface area (Å²) in [5.74, 6) is -1.55. The first-order valence-corrected chi connectivity index (χ1v) is 6.27. The summed E-state index contributed by atoms with van der Waals surface area (Å²) < 4.78 is 82.6. The van der Waals surface area contributed by atoms with Crippen molar-refractivity contribution < 1.29 is 35.8 Å². The van der Waals surface area contributed by atoms with E-state index in [-0.39, 0.29) is 5.56 Å². The molecule has 0 aliphatic rings. The van der Waals surface area contributed by atoms with Gasteiger partial charge in [0.2, 0.25) is 0 Å². The Kier molecular flexibility index (Phi) is 4.44. The van der Waals surface area contributed by atoms with Crippen LogP contribution in [-0.2, 0) is 0 Å². The summed E-state index contributed by atoms with van der Waals surface area (Å²) in [4.78, 5) is 0. The van der Waals surface area contributed by atoms with Crippen molar-refractivity contribution in [2.24, 2.45) is 0 Å². The van der Waals surface area contributed by atoms with Crippen LogP contribution in [0.3, 0.4) is 0 Å². The third-order valence-corrected chi connectivity index (χ3v) is 2.78. The fraction of sp³-hybridized carbons (Fsp3) is 0.200. The van der Waals surface area contributed by atoms with Gasteiger partial charge in [-0.25, -0.2) is 0 Å². The molecule has 0 saturated carbocycles. The van der Waals surface area contributed by atoms with Crippen LogP contribution in [-0.4, -0.2) is 12.7 Å². The predicted molar refractivity (Wildman–Crippen MR) is 70.0 cm³/mol. The van der Waals surface area contributed by atoms with Crippen LogP contribution in [0.25, 0.3) is 11.1 Å². The van der Waals surface area contributed by atoms with E-state index in [2.05, 4.69) is 9.47 Å². The van der Waals surface area contributed by atoms with Gasteiger partial charge in [-0.3, -0.25) is 0 Å². The molecular formula is C15H10F6O2. The molecule has 124 valence electrons. The average Bonchev–Trinajstić information content (AvgIpc) is 2.37. The molecule has 0 N–H and O–H groups in total. The van der Waals surface area contributed by atoms with Crippen LogP contribution in [0.5, 0.6) is 11.5 Å². The van der Waals surface area contributed by atoms with Crippen molar-refractivity contribution in [2.75, 3.05) is 0 Å². The van der Waals surface area contributed by atoms with Gasteiger partial charge in [0.15, 0.2) is 0 Å². The van der Waals surface area contributed by atoms with Gasteiger partial charge in [-0.2, -0.15) is 0 Å². The maximum atomic E-state index is 12.5. The van der Waals surface area contributed by atoms with E-state index in [1.807, 2.05) is 0 Å². The molecule has 0 aliphatic heterocycles. The summed E-state index contributed by atoms with van der Waals surface area (Å²) >= 11 is 0. The number of rotatable bonds is 3. The number of aryl methyl sites for hydroxylation is 1. The van der Waals surface area contributed by atoms with Crippen LogP contribution < -0.4 is 9.47 Å². The molecular weight excluding hydrogens is 326 g/mol. The first-order valence-electron chi connectivity index (χ1n) is 6.27. The zero-order chi connectivity index (χ0) is 17.3. The summed E-state index contributed by atoms with van der Waals surface area (Å²) in [6.45, 7) is 1.73. The maximum Gasteiger partial charge on any atom is 0.573 e. The lowest BCUT2D eigenvalue weighted by atomic mass is 10.0. The monoisotopic (exact) mass is 336 g/mol. The summed E-state index contributed by atoms with van der Waals surface area (Å²) in [5, 5.41) is 0. The highest BCUT2D eigenvalue weighted by molar-refractivity contribution is 5.77. The molecule has 23 heavy (non-hydrogen) atoms. The predicted octanol–water partition coefficient (Wildman–Crippen LogP) is 5.46. The Hall–Kier alpha value is -2.38. The Bertz CT molecular complexity index is 640. The molecule has 2 aromatic carbocycles. The van der Waals surface area contributed by atoms with Gasteiger partial charge in [-0.15, -0.1) is 26.3 Å². The normalized spacial score (nSPS) is 12.1. The second kappa shape index (κ2) is 6.02. The molecule has 0 unspecified atom stereocenters. The second-order valence-corrected chi connectivity index (χ2v) is 4.59. The fourth-order valence-corrected chi connectivity index (χ4v) is 1.94. The zero-order valence-electron chi connectivity index (χ0n) is 11.6. The lowest BCUT2D eigenvalue weighted by Gasteiger charge is -2.18. The number of hydrogen-bond acceptors (Lipinski definition) is 2. The lowest BCUT2D eigenvalue weighted by Crippen LogP contribution is -2.20. The molecule has 0 bridgehead atoms. The number of hydrogen-bond donors (Lipinski definition) is 0. The second-order valence-electron chi connectivity index (χ2n) is 4.59. The molecule has 0 heterocycles. The smallest absolute Gasteiger partial charge is 0.405 e. The number of benzene rings is 2. The molecule has 2 nitrogen and oxygen atoms in total. The van der Waals surface area contributed by atoms with Crippen LogP contribution in [0.1, 0.15) is 5.56 Å². The SMILES string of the molecule is Cc1ccc(-c2c(OC(F)(F)F)cccc2OC(F)(F)F)cc1. The third-order valence-electron chi connectivity index (χ3n) is 2.78. The first-order chi connectivity index (χ1) is 10.6. The first kappa shape index (κ1) is 17.0. The standard InChI is InChI=1S/C15H10F6O2/c1-9-5-7-10(8-6-9)13-11(22-14(16,17)18)3-2-4-12(13)23-15(19,20)21/h2-8H,1H3. The third kappa shape index (κ3) is 4.80. The Labute approximate surface area is 127 Å². The molecule has 0 spiro atoms. The van der Waals surface area contributed by atoms with Crippen LogP contribution in [0, 0.1) is 6.92 Å². The molecule has 0 radical (unpaired) electrons. The van der Waals surface area contributed by atoms with Gasteiger partial charge in [0.05, 0.1) is 5.56 Å². The van der Waals surface area contributed by atoms with Crippen molar-refractivity contribution in [1.82, 2.24) is 0 Å². The van der Waals surface area contributed by atoms with Gasteiger partial charge in [0, 0.05) is 0 Å².